The van der Waals surface area contributed by atoms with Gasteiger partial charge < -0.3 is 9.30 Å². The standard InChI is InChI=1S/C18H20ClN3O3S/c1-4-26(23,24)21-14-7-12(9-20-10-14)18-16(11-25-3)15-6-5-13(19)8-17(15)22(18)2/h5-10,21H,4,11H2,1-3H3. The van der Waals surface area contributed by atoms with Crippen LogP contribution in [0.25, 0.3) is 22.2 Å². The van der Waals surface area contributed by atoms with Crippen LogP contribution in [-0.4, -0.2) is 30.8 Å². The summed E-state index contributed by atoms with van der Waals surface area (Å²) in [7, 11) is 0.211. The largest absolute Gasteiger partial charge is 0.380 e. The van der Waals surface area contributed by atoms with E-state index >= 15 is 0 Å². The summed E-state index contributed by atoms with van der Waals surface area (Å²) in [6.07, 6.45) is 3.20. The predicted octanol–water partition coefficient (Wildman–Crippen LogP) is 3.80. The monoisotopic (exact) mass is 393 g/mol. The van der Waals surface area contributed by atoms with Gasteiger partial charge in [0.15, 0.2) is 0 Å². The molecule has 26 heavy (non-hydrogen) atoms. The van der Waals surface area contributed by atoms with Crippen molar-refractivity contribution in [1.82, 2.24) is 9.55 Å². The van der Waals surface area contributed by atoms with Crippen LogP contribution in [0.15, 0.2) is 36.7 Å². The summed E-state index contributed by atoms with van der Waals surface area (Å²) in [5, 5.41) is 1.68. The highest BCUT2D eigenvalue weighted by Crippen LogP contribution is 2.35. The molecule has 0 aliphatic heterocycles. The van der Waals surface area contributed by atoms with Crippen LogP contribution < -0.4 is 4.72 Å². The summed E-state index contributed by atoms with van der Waals surface area (Å²) in [6, 6.07) is 7.48. The Labute approximate surface area is 157 Å². The first-order valence-electron chi connectivity index (χ1n) is 8.08. The number of anilines is 1. The molecule has 2 aromatic heterocycles. The van der Waals surface area contributed by atoms with Gasteiger partial charge in [-0.1, -0.05) is 17.7 Å². The van der Waals surface area contributed by atoms with Gasteiger partial charge in [-0.25, -0.2) is 8.42 Å². The summed E-state index contributed by atoms with van der Waals surface area (Å²) in [5.41, 5.74) is 4.10. The van der Waals surface area contributed by atoms with E-state index in [1.54, 1.807) is 26.3 Å². The van der Waals surface area contributed by atoms with Crippen LogP contribution in [0.3, 0.4) is 0 Å². The smallest absolute Gasteiger partial charge is 0.232 e. The third kappa shape index (κ3) is 3.56. The Morgan fingerprint density at radius 3 is 2.73 bits per heavy atom. The number of methoxy groups -OCH3 is 1. The average Bonchev–Trinajstić information content (AvgIpc) is 2.87. The lowest BCUT2D eigenvalue weighted by molar-refractivity contribution is 0.186. The molecule has 8 heteroatoms. The molecule has 0 amide bonds. The summed E-state index contributed by atoms with van der Waals surface area (Å²) in [6.45, 7) is 2.00. The Balaban J connectivity index is 2.19. The fourth-order valence-electron chi connectivity index (χ4n) is 3.02. The molecular formula is C18H20ClN3O3S. The van der Waals surface area contributed by atoms with Gasteiger partial charge in [-0.05, 0) is 25.1 Å². The van der Waals surface area contributed by atoms with Crippen molar-refractivity contribution in [3.8, 4) is 11.3 Å². The number of aryl methyl sites for hydroxylation is 1. The molecule has 0 aliphatic carbocycles. The van der Waals surface area contributed by atoms with Gasteiger partial charge >= 0.3 is 0 Å². The lowest BCUT2D eigenvalue weighted by Crippen LogP contribution is -2.14. The number of nitrogens with one attached hydrogen (secondary N) is 1. The van der Waals surface area contributed by atoms with Gasteiger partial charge in [0.25, 0.3) is 0 Å². The number of hydrogen-bond donors (Lipinski definition) is 1. The lowest BCUT2D eigenvalue weighted by atomic mass is 10.1. The van der Waals surface area contributed by atoms with E-state index in [1.807, 2.05) is 29.8 Å². The SMILES string of the molecule is CCS(=O)(=O)Nc1cncc(-c2c(COC)c3ccc(Cl)cc3n2C)c1. The van der Waals surface area contributed by atoms with Crippen molar-refractivity contribution in [2.45, 2.75) is 13.5 Å². The van der Waals surface area contributed by atoms with E-state index in [4.69, 9.17) is 16.3 Å². The average molecular weight is 394 g/mol. The van der Waals surface area contributed by atoms with E-state index in [0.29, 0.717) is 17.3 Å². The molecule has 0 fully saturated rings. The van der Waals surface area contributed by atoms with E-state index in [9.17, 15) is 8.42 Å². The molecule has 1 N–H and O–H groups in total. The Morgan fingerprint density at radius 2 is 2.04 bits per heavy atom. The quantitative estimate of drug-likeness (QED) is 0.691. The van der Waals surface area contributed by atoms with Gasteiger partial charge in [-0.3, -0.25) is 9.71 Å². The highest BCUT2D eigenvalue weighted by Gasteiger charge is 2.18. The Kier molecular flexibility index (Phi) is 5.22. The Bertz CT molecular complexity index is 1060. The molecule has 0 unspecified atom stereocenters. The van der Waals surface area contributed by atoms with Gasteiger partial charge in [0, 0.05) is 41.9 Å². The van der Waals surface area contributed by atoms with Crippen LogP contribution in [0.5, 0.6) is 0 Å². The van der Waals surface area contributed by atoms with E-state index < -0.39 is 10.0 Å². The second kappa shape index (κ2) is 7.26. The van der Waals surface area contributed by atoms with Gasteiger partial charge in [0.1, 0.15) is 0 Å². The Hall–Kier alpha value is -2.09. The Morgan fingerprint density at radius 1 is 1.27 bits per heavy atom. The van der Waals surface area contributed by atoms with E-state index in [0.717, 1.165) is 27.7 Å². The third-order valence-corrected chi connectivity index (χ3v) is 5.76. The topological polar surface area (TPSA) is 73.2 Å². The number of halogens is 1. The number of sulfonamides is 1. The summed E-state index contributed by atoms with van der Waals surface area (Å²) in [4.78, 5) is 4.20. The number of nitrogens with zero attached hydrogens (tertiary/aromatic N) is 2. The van der Waals surface area contributed by atoms with Gasteiger partial charge in [-0.2, -0.15) is 0 Å². The van der Waals surface area contributed by atoms with Crippen LogP contribution >= 0.6 is 11.6 Å². The van der Waals surface area contributed by atoms with Gasteiger partial charge in [-0.15, -0.1) is 0 Å². The van der Waals surface area contributed by atoms with Crippen LogP contribution in [0.1, 0.15) is 12.5 Å². The van der Waals surface area contributed by atoms with E-state index in [-0.39, 0.29) is 5.75 Å². The number of fused-ring (bicyclic) bond motifs is 1. The van der Waals surface area contributed by atoms with Crippen LogP contribution in [0.2, 0.25) is 5.02 Å². The predicted molar refractivity (Wildman–Crippen MR) is 105 cm³/mol. The molecule has 0 aliphatic rings. The molecule has 3 aromatic rings. The zero-order valence-corrected chi connectivity index (χ0v) is 16.4. The van der Waals surface area contributed by atoms with Crippen LogP contribution in [0, 0.1) is 0 Å². The highest BCUT2D eigenvalue weighted by atomic mass is 35.5. The maximum Gasteiger partial charge on any atom is 0.232 e. The number of pyridine rings is 1. The van der Waals surface area contributed by atoms with Crippen molar-refractivity contribution in [2.75, 3.05) is 17.6 Å². The second-order valence-electron chi connectivity index (χ2n) is 5.95. The lowest BCUT2D eigenvalue weighted by Gasteiger charge is -2.10. The zero-order chi connectivity index (χ0) is 18.9. The van der Waals surface area contributed by atoms with Crippen molar-refractivity contribution in [1.29, 1.82) is 0 Å². The molecule has 6 nitrogen and oxygen atoms in total. The van der Waals surface area contributed by atoms with Crippen molar-refractivity contribution in [2.24, 2.45) is 7.05 Å². The summed E-state index contributed by atoms with van der Waals surface area (Å²) < 4.78 is 33.7. The van der Waals surface area contributed by atoms with E-state index in [1.165, 1.54) is 6.20 Å². The number of benzene rings is 1. The minimum absolute atomic E-state index is 0.00130. The number of hydrogen-bond acceptors (Lipinski definition) is 4. The number of aromatic nitrogens is 2. The van der Waals surface area contributed by atoms with Crippen molar-refractivity contribution >= 4 is 38.2 Å². The van der Waals surface area contributed by atoms with Crippen molar-refractivity contribution < 1.29 is 13.2 Å². The molecule has 0 saturated carbocycles. The van der Waals surface area contributed by atoms with Crippen molar-refractivity contribution in [3.63, 3.8) is 0 Å². The first-order valence-corrected chi connectivity index (χ1v) is 10.1. The van der Waals surface area contributed by atoms with Crippen LogP contribution in [0.4, 0.5) is 5.69 Å². The fourth-order valence-corrected chi connectivity index (χ4v) is 3.80. The third-order valence-electron chi connectivity index (χ3n) is 4.22. The molecule has 1 aromatic carbocycles. The molecular weight excluding hydrogens is 374 g/mol. The molecule has 2 heterocycles. The van der Waals surface area contributed by atoms with Gasteiger partial charge in [0.2, 0.25) is 10.0 Å². The summed E-state index contributed by atoms with van der Waals surface area (Å²) >= 11 is 6.16. The maximum absolute atomic E-state index is 11.9. The normalized spacial score (nSPS) is 11.8. The molecule has 0 spiro atoms. The van der Waals surface area contributed by atoms with Gasteiger partial charge in [0.05, 0.1) is 35.5 Å². The molecule has 0 radical (unpaired) electrons. The van der Waals surface area contributed by atoms with E-state index in [2.05, 4.69) is 9.71 Å². The summed E-state index contributed by atoms with van der Waals surface area (Å²) in [5.74, 6) is -0.00130. The first kappa shape index (κ1) is 18.7. The number of rotatable bonds is 6. The minimum Gasteiger partial charge on any atom is -0.380 e. The molecule has 0 bridgehead atoms. The molecule has 138 valence electrons. The molecule has 3 rings (SSSR count). The van der Waals surface area contributed by atoms with Crippen LogP contribution in [-0.2, 0) is 28.4 Å². The fraction of sp³-hybridized carbons (Fsp3) is 0.278. The maximum atomic E-state index is 11.9. The highest BCUT2D eigenvalue weighted by molar-refractivity contribution is 7.92. The minimum atomic E-state index is -3.37. The van der Waals surface area contributed by atoms with Crippen molar-refractivity contribution in [3.05, 3.63) is 47.2 Å². The zero-order valence-electron chi connectivity index (χ0n) is 14.8. The molecule has 0 atom stereocenters. The number of ether oxygens (including phenoxy) is 1. The second-order valence-corrected chi connectivity index (χ2v) is 8.40. The molecule has 0 saturated heterocycles. The first-order chi connectivity index (χ1) is 12.4.